The van der Waals surface area contributed by atoms with Gasteiger partial charge in [-0.15, -0.1) is 0 Å². The van der Waals surface area contributed by atoms with Gasteiger partial charge in [-0.1, -0.05) is 13.0 Å². The minimum atomic E-state index is -4.24. The number of hydrogen-bond acceptors (Lipinski definition) is 8. The number of nitrogens with zero attached hydrogens (tertiary/aromatic N) is 3. The highest BCUT2D eigenvalue weighted by atomic mass is 32.2. The molecule has 1 unspecified atom stereocenters. The van der Waals surface area contributed by atoms with Gasteiger partial charge in [-0.05, 0) is 56.5 Å². The second-order valence-electron chi connectivity index (χ2n) is 8.49. The van der Waals surface area contributed by atoms with Crippen molar-refractivity contribution in [1.82, 2.24) is 14.7 Å². The van der Waals surface area contributed by atoms with Crippen LogP contribution in [0.1, 0.15) is 43.3 Å². The maximum absolute atomic E-state index is 13.0. The van der Waals surface area contributed by atoms with E-state index in [1.807, 2.05) is 0 Å². The lowest BCUT2D eigenvalue weighted by Crippen LogP contribution is -2.43. The third kappa shape index (κ3) is 4.70. The molecule has 1 amide bonds. The summed E-state index contributed by atoms with van der Waals surface area (Å²) >= 11 is 0. The van der Waals surface area contributed by atoms with E-state index in [4.69, 9.17) is 9.15 Å². The number of ether oxygens (including phenoxy) is 1. The zero-order valence-corrected chi connectivity index (χ0v) is 19.5. The smallest absolute Gasteiger partial charge is 0.281 e. The van der Waals surface area contributed by atoms with E-state index >= 15 is 0 Å². The van der Waals surface area contributed by atoms with Crippen LogP contribution in [-0.4, -0.2) is 36.4 Å². The number of carbonyl (C=O) groups is 1. The van der Waals surface area contributed by atoms with Gasteiger partial charge in [0.2, 0.25) is 5.88 Å². The molecule has 0 aromatic carbocycles. The molecule has 0 saturated carbocycles. The van der Waals surface area contributed by atoms with E-state index in [9.17, 15) is 13.2 Å². The molecule has 4 rings (SSSR count). The van der Waals surface area contributed by atoms with Gasteiger partial charge in [0.1, 0.15) is 18.2 Å². The van der Waals surface area contributed by atoms with Crippen LogP contribution in [0, 0.1) is 5.92 Å². The molecule has 0 bridgehead atoms. The highest BCUT2D eigenvalue weighted by Gasteiger charge is 2.40. The number of aromatic nitrogens is 2. The topological polar surface area (TPSA) is 115 Å². The number of amides is 1. The number of hydrogen-bond donors (Lipinski definition) is 1. The van der Waals surface area contributed by atoms with Crippen LogP contribution in [0.25, 0.3) is 0 Å². The predicted molar refractivity (Wildman–Crippen MR) is 121 cm³/mol. The SMILES string of the molecule is CC1CCN(c2ncccc2C(=O)NS(=O)(=O)c2cccc(OCc3ccco3)n2)C1(C)C. The molecule has 3 aromatic rings. The van der Waals surface area contributed by atoms with Crippen molar-refractivity contribution < 1.29 is 22.4 Å². The van der Waals surface area contributed by atoms with Gasteiger partial charge in [-0.3, -0.25) is 4.79 Å². The standard InChI is InChI=1S/C23H26N4O5S/c1-16-11-13-27(23(16,2)3)21-18(8-5-12-24-21)22(28)26-33(29,30)20-10-4-9-19(25-20)32-15-17-7-6-14-31-17/h4-10,12,14,16H,11,13,15H2,1-3H3,(H,26,28). The first kappa shape index (κ1) is 22.8. The van der Waals surface area contributed by atoms with Crippen molar-refractivity contribution in [1.29, 1.82) is 0 Å². The number of anilines is 1. The van der Waals surface area contributed by atoms with Gasteiger partial charge in [0.15, 0.2) is 5.03 Å². The lowest BCUT2D eigenvalue weighted by Gasteiger charge is -2.36. The second-order valence-corrected chi connectivity index (χ2v) is 10.1. The fraction of sp³-hybridized carbons (Fsp3) is 0.348. The van der Waals surface area contributed by atoms with E-state index in [-0.39, 0.29) is 28.6 Å². The van der Waals surface area contributed by atoms with E-state index in [1.54, 1.807) is 30.5 Å². The van der Waals surface area contributed by atoms with Gasteiger partial charge in [0.25, 0.3) is 15.9 Å². The summed E-state index contributed by atoms with van der Waals surface area (Å²) in [7, 11) is -4.24. The highest BCUT2D eigenvalue weighted by Crippen LogP contribution is 2.38. The molecule has 1 saturated heterocycles. The van der Waals surface area contributed by atoms with Crippen LogP contribution in [0.15, 0.2) is 64.4 Å². The monoisotopic (exact) mass is 470 g/mol. The minimum Gasteiger partial charge on any atom is -0.469 e. The van der Waals surface area contributed by atoms with Crippen molar-refractivity contribution in [3.8, 4) is 5.88 Å². The summed E-state index contributed by atoms with van der Waals surface area (Å²) in [4.78, 5) is 23.5. The molecule has 174 valence electrons. The minimum absolute atomic E-state index is 0.0941. The van der Waals surface area contributed by atoms with Crippen molar-refractivity contribution >= 4 is 21.7 Å². The Morgan fingerprint density at radius 2 is 2.06 bits per heavy atom. The Bertz CT molecular complexity index is 1240. The number of furan rings is 1. The van der Waals surface area contributed by atoms with E-state index in [0.717, 1.165) is 13.0 Å². The molecule has 33 heavy (non-hydrogen) atoms. The van der Waals surface area contributed by atoms with E-state index in [1.165, 1.54) is 24.5 Å². The molecule has 0 radical (unpaired) electrons. The quantitative estimate of drug-likeness (QED) is 0.559. The average molecular weight is 471 g/mol. The van der Waals surface area contributed by atoms with Crippen LogP contribution in [0.3, 0.4) is 0 Å². The summed E-state index contributed by atoms with van der Waals surface area (Å²) in [6.45, 7) is 7.17. The molecule has 1 fully saturated rings. The number of pyridine rings is 2. The molecule has 3 aromatic heterocycles. The van der Waals surface area contributed by atoms with Crippen molar-refractivity contribution in [2.75, 3.05) is 11.4 Å². The normalized spacial score (nSPS) is 17.7. The summed E-state index contributed by atoms with van der Waals surface area (Å²) in [5.41, 5.74) is -0.0304. The fourth-order valence-electron chi connectivity index (χ4n) is 3.79. The Hall–Kier alpha value is -3.40. The van der Waals surface area contributed by atoms with E-state index < -0.39 is 15.9 Å². The Morgan fingerprint density at radius 3 is 2.76 bits per heavy atom. The van der Waals surface area contributed by atoms with Gasteiger partial charge in [0, 0.05) is 24.3 Å². The van der Waals surface area contributed by atoms with Gasteiger partial charge < -0.3 is 14.1 Å². The number of carbonyl (C=O) groups excluding carboxylic acids is 1. The molecule has 0 aliphatic carbocycles. The molecule has 1 atom stereocenters. The van der Waals surface area contributed by atoms with Crippen molar-refractivity contribution in [3.63, 3.8) is 0 Å². The molecule has 1 aliphatic rings. The number of nitrogens with one attached hydrogen (secondary N) is 1. The van der Waals surface area contributed by atoms with Crippen LogP contribution < -0.4 is 14.4 Å². The third-order valence-corrected chi connectivity index (χ3v) is 7.35. The van der Waals surface area contributed by atoms with Crippen LogP contribution >= 0.6 is 0 Å². The number of sulfonamides is 1. The average Bonchev–Trinajstić information content (AvgIpc) is 3.40. The molecule has 4 heterocycles. The van der Waals surface area contributed by atoms with Crippen molar-refractivity contribution in [2.24, 2.45) is 5.92 Å². The molecule has 10 heteroatoms. The molecular weight excluding hydrogens is 444 g/mol. The van der Waals surface area contributed by atoms with Gasteiger partial charge in [0.05, 0.1) is 11.8 Å². The van der Waals surface area contributed by atoms with E-state index in [0.29, 0.717) is 17.5 Å². The second kappa shape index (κ2) is 8.86. The summed E-state index contributed by atoms with van der Waals surface area (Å²) in [5.74, 6) is 0.755. The highest BCUT2D eigenvalue weighted by molar-refractivity contribution is 7.90. The first-order valence-corrected chi connectivity index (χ1v) is 12.1. The van der Waals surface area contributed by atoms with Gasteiger partial charge in [-0.2, -0.15) is 13.4 Å². The zero-order chi connectivity index (χ0) is 23.6. The Morgan fingerprint density at radius 1 is 1.24 bits per heavy atom. The maximum atomic E-state index is 13.0. The predicted octanol–water partition coefficient (Wildman–Crippen LogP) is 3.39. The molecule has 9 nitrogen and oxygen atoms in total. The first-order valence-electron chi connectivity index (χ1n) is 10.6. The van der Waals surface area contributed by atoms with Gasteiger partial charge in [-0.25, -0.2) is 9.71 Å². The lowest BCUT2D eigenvalue weighted by molar-refractivity contribution is 0.0981. The zero-order valence-electron chi connectivity index (χ0n) is 18.7. The molecular formula is C23H26N4O5S. The molecule has 0 spiro atoms. The lowest BCUT2D eigenvalue weighted by atomic mass is 9.90. The Kier molecular flexibility index (Phi) is 6.11. The largest absolute Gasteiger partial charge is 0.469 e. The van der Waals surface area contributed by atoms with Crippen LogP contribution in [-0.2, 0) is 16.6 Å². The summed E-state index contributed by atoms with van der Waals surface area (Å²) in [5, 5.41) is -0.326. The Labute approximate surface area is 192 Å². The van der Waals surface area contributed by atoms with Gasteiger partial charge >= 0.3 is 0 Å². The van der Waals surface area contributed by atoms with Crippen LogP contribution in [0.5, 0.6) is 5.88 Å². The fourth-order valence-corrected chi connectivity index (χ4v) is 4.72. The molecule has 1 N–H and O–H groups in total. The van der Waals surface area contributed by atoms with Crippen LogP contribution in [0.4, 0.5) is 5.82 Å². The summed E-state index contributed by atoms with van der Waals surface area (Å²) in [6.07, 6.45) is 4.07. The Balaban J connectivity index is 1.54. The third-order valence-electron chi connectivity index (χ3n) is 6.12. The van der Waals surface area contributed by atoms with Crippen molar-refractivity contribution in [3.05, 3.63) is 66.2 Å². The molecule has 1 aliphatic heterocycles. The maximum Gasteiger partial charge on any atom is 0.281 e. The van der Waals surface area contributed by atoms with E-state index in [2.05, 4.69) is 40.4 Å². The van der Waals surface area contributed by atoms with Crippen molar-refractivity contribution in [2.45, 2.75) is 44.4 Å². The summed E-state index contributed by atoms with van der Waals surface area (Å²) < 4.78 is 38.6. The first-order chi connectivity index (χ1) is 15.7. The summed E-state index contributed by atoms with van der Waals surface area (Å²) in [6, 6.07) is 11.0. The van der Waals surface area contributed by atoms with Crippen LogP contribution in [0.2, 0.25) is 0 Å². The number of rotatable bonds is 7.